The van der Waals surface area contributed by atoms with E-state index >= 15 is 0 Å². The van der Waals surface area contributed by atoms with Crippen molar-refractivity contribution in [3.8, 4) is 0 Å². The van der Waals surface area contributed by atoms with E-state index in [4.69, 9.17) is 11.6 Å². The summed E-state index contributed by atoms with van der Waals surface area (Å²) in [5, 5.41) is 0.914. The first-order valence-corrected chi connectivity index (χ1v) is 4.96. The minimum atomic E-state index is 0.914. The van der Waals surface area contributed by atoms with Crippen molar-refractivity contribution in [1.82, 2.24) is 0 Å². The molecule has 0 bridgehead atoms. The second-order valence-corrected chi connectivity index (χ2v) is 3.32. The summed E-state index contributed by atoms with van der Waals surface area (Å²) in [4.78, 5) is 0. The molecule has 0 N–H and O–H groups in total. The monoisotopic (exact) mass is 266 g/mol. The molecule has 0 atom stereocenters. The van der Waals surface area contributed by atoms with Crippen molar-refractivity contribution in [3.05, 3.63) is 34.3 Å². The average molecular weight is 267 g/mol. The molecular formula is C8H8ClI. The van der Waals surface area contributed by atoms with E-state index in [2.05, 4.69) is 28.7 Å². The van der Waals surface area contributed by atoms with Crippen LogP contribution in [-0.2, 0) is 4.43 Å². The van der Waals surface area contributed by atoms with Gasteiger partial charge in [0.05, 0.1) is 0 Å². The maximum atomic E-state index is 5.99. The molecule has 0 aliphatic carbocycles. The number of rotatable bonds is 1. The standard InChI is InChI=1S/C8H8ClI/c1-6-3-2-4-7(5-10)8(6)9/h2-4H,5H2,1H3. The van der Waals surface area contributed by atoms with E-state index in [1.165, 1.54) is 5.56 Å². The summed E-state index contributed by atoms with van der Waals surface area (Å²) in [7, 11) is 0. The zero-order valence-electron chi connectivity index (χ0n) is 5.70. The Morgan fingerprint density at radius 2 is 2.20 bits per heavy atom. The molecule has 0 nitrogen and oxygen atoms in total. The lowest BCUT2D eigenvalue weighted by atomic mass is 10.2. The van der Waals surface area contributed by atoms with Crippen LogP contribution < -0.4 is 0 Å². The maximum Gasteiger partial charge on any atom is 0.0474 e. The number of aryl methyl sites for hydroxylation is 1. The fourth-order valence-electron chi connectivity index (χ4n) is 0.811. The molecule has 0 aliphatic heterocycles. The molecule has 0 saturated heterocycles. The van der Waals surface area contributed by atoms with Crippen LogP contribution in [0.1, 0.15) is 11.1 Å². The van der Waals surface area contributed by atoms with Crippen LogP contribution in [0.25, 0.3) is 0 Å². The smallest absolute Gasteiger partial charge is 0.0474 e. The van der Waals surface area contributed by atoms with Crippen LogP contribution >= 0.6 is 34.2 Å². The van der Waals surface area contributed by atoms with Crippen LogP contribution in [0.5, 0.6) is 0 Å². The molecule has 0 aliphatic rings. The third kappa shape index (κ3) is 1.64. The van der Waals surface area contributed by atoms with Gasteiger partial charge in [0, 0.05) is 9.45 Å². The van der Waals surface area contributed by atoms with Gasteiger partial charge >= 0.3 is 0 Å². The highest BCUT2D eigenvalue weighted by atomic mass is 127. The van der Waals surface area contributed by atoms with Crippen molar-refractivity contribution in [3.63, 3.8) is 0 Å². The fraction of sp³-hybridized carbons (Fsp3) is 0.250. The van der Waals surface area contributed by atoms with Crippen molar-refractivity contribution in [2.45, 2.75) is 11.4 Å². The number of halogens is 2. The van der Waals surface area contributed by atoms with Gasteiger partial charge in [-0.25, -0.2) is 0 Å². The number of benzene rings is 1. The minimum Gasteiger partial charge on any atom is -0.0837 e. The van der Waals surface area contributed by atoms with Crippen LogP contribution in [0.15, 0.2) is 18.2 Å². The number of hydrogen-bond donors (Lipinski definition) is 0. The Labute approximate surface area is 79.7 Å². The zero-order chi connectivity index (χ0) is 7.56. The molecule has 0 saturated carbocycles. The lowest BCUT2D eigenvalue weighted by molar-refractivity contribution is 1.38. The van der Waals surface area contributed by atoms with E-state index in [-0.39, 0.29) is 0 Å². The van der Waals surface area contributed by atoms with E-state index in [0.717, 1.165) is 15.0 Å². The molecule has 10 heavy (non-hydrogen) atoms. The minimum absolute atomic E-state index is 0.914. The second kappa shape index (κ2) is 3.58. The molecule has 54 valence electrons. The van der Waals surface area contributed by atoms with Crippen LogP contribution in [0.4, 0.5) is 0 Å². The molecule has 0 fully saturated rings. The Morgan fingerprint density at radius 1 is 1.50 bits per heavy atom. The lowest BCUT2D eigenvalue weighted by Gasteiger charge is -2.01. The number of hydrogen-bond acceptors (Lipinski definition) is 0. The van der Waals surface area contributed by atoms with Crippen LogP contribution in [0.3, 0.4) is 0 Å². The highest BCUT2D eigenvalue weighted by Crippen LogP contribution is 2.21. The van der Waals surface area contributed by atoms with E-state index < -0.39 is 0 Å². The van der Waals surface area contributed by atoms with Gasteiger partial charge in [0.1, 0.15) is 0 Å². The van der Waals surface area contributed by atoms with Gasteiger partial charge in [-0.15, -0.1) is 0 Å². The highest BCUT2D eigenvalue weighted by Gasteiger charge is 1.98. The molecule has 0 heterocycles. The zero-order valence-corrected chi connectivity index (χ0v) is 8.61. The lowest BCUT2D eigenvalue weighted by Crippen LogP contribution is -1.81. The molecule has 0 unspecified atom stereocenters. The van der Waals surface area contributed by atoms with Gasteiger partial charge in [0.2, 0.25) is 0 Å². The van der Waals surface area contributed by atoms with Crippen molar-refractivity contribution >= 4 is 34.2 Å². The molecular weight excluding hydrogens is 258 g/mol. The molecule has 2 heteroatoms. The molecule has 0 amide bonds. The summed E-state index contributed by atoms with van der Waals surface area (Å²) in [5.41, 5.74) is 2.39. The summed E-state index contributed by atoms with van der Waals surface area (Å²) in [6.07, 6.45) is 0. The molecule has 1 rings (SSSR count). The fourth-order valence-corrected chi connectivity index (χ4v) is 1.87. The van der Waals surface area contributed by atoms with Crippen molar-refractivity contribution in [1.29, 1.82) is 0 Å². The molecule has 1 aromatic carbocycles. The Kier molecular flexibility index (Phi) is 2.98. The van der Waals surface area contributed by atoms with Gasteiger partial charge in [-0.05, 0) is 18.1 Å². The molecule has 0 aromatic heterocycles. The van der Waals surface area contributed by atoms with Gasteiger partial charge in [-0.1, -0.05) is 52.4 Å². The van der Waals surface area contributed by atoms with E-state index in [0.29, 0.717) is 0 Å². The third-order valence-corrected chi connectivity index (χ3v) is 2.78. The maximum absolute atomic E-state index is 5.99. The summed E-state index contributed by atoms with van der Waals surface area (Å²) in [6.45, 7) is 2.03. The Morgan fingerprint density at radius 3 is 2.70 bits per heavy atom. The predicted molar refractivity (Wildman–Crippen MR) is 53.9 cm³/mol. The summed E-state index contributed by atoms with van der Waals surface area (Å²) in [5.74, 6) is 0. The van der Waals surface area contributed by atoms with Gasteiger partial charge in [-0.2, -0.15) is 0 Å². The summed E-state index contributed by atoms with van der Waals surface area (Å²) >= 11 is 8.30. The first kappa shape index (κ1) is 8.34. The first-order valence-electron chi connectivity index (χ1n) is 3.05. The quantitative estimate of drug-likeness (QED) is 0.538. The van der Waals surface area contributed by atoms with Gasteiger partial charge in [0.25, 0.3) is 0 Å². The second-order valence-electron chi connectivity index (χ2n) is 2.18. The van der Waals surface area contributed by atoms with Crippen molar-refractivity contribution < 1.29 is 0 Å². The Hall–Kier alpha value is 0.240. The first-order chi connectivity index (χ1) is 4.75. The van der Waals surface area contributed by atoms with Gasteiger partial charge in [-0.3, -0.25) is 0 Å². The average Bonchev–Trinajstić information content (AvgIpc) is 1.95. The predicted octanol–water partition coefficient (Wildman–Crippen LogP) is 3.58. The molecule has 0 radical (unpaired) electrons. The number of alkyl halides is 1. The normalized spacial score (nSPS) is 9.90. The Bertz CT molecular complexity index is 233. The molecule has 1 aromatic rings. The Balaban J connectivity index is 3.14. The van der Waals surface area contributed by atoms with E-state index in [9.17, 15) is 0 Å². The highest BCUT2D eigenvalue weighted by molar-refractivity contribution is 14.1. The van der Waals surface area contributed by atoms with Crippen LogP contribution in [0.2, 0.25) is 5.02 Å². The third-order valence-electron chi connectivity index (χ3n) is 1.42. The van der Waals surface area contributed by atoms with Crippen LogP contribution in [0, 0.1) is 6.92 Å². The summed E-state index contributed by atoms with van der Waals surface area (Å²) in [6, 6.07) is 6.12. The summed E-state index contributed by atoms with van der Waals surface area (Å²) < 4.78 is 0.984. The SMILES string of the molecule is Cc1cccc(CI)c1Cl. The van der Waals surface area contributed by atoms with Gasteiger partial charge < -0.3 is 0 Å². The largest absolute Gasteiger partial charge is 0.0837 e. The van der Waals surface area contributed by atoms with Crippen molar-refractivity contribution in [2.24, 2.45) is 0 Å². The van der Waals surface area contributed by atoms with E-state index in [1.54, 1.807) is 0 Å². The van der Waals surface area contributed by atoms with Crippen LogP contribution in [-0.4, -0.2) is 0 Å². The topological polar surface area (TPSA) is 0 Å². The molecule has 0 spiro atoms. The van der Waals surface area contributed by atoms with Crippen molar-refractivity contribution in [2.75, 3.05) is 0 Å². The van der Waals surface area contributed by atoms with Gasteiger partial charge in [0.15, 0.2) is 0 Å². The van der Waals surface area contributed by atoms with E-state index in [1.807, 2.05) is 19.1 Å².